The molecular formula is C15H14F2N2O2. The van der Waals surface area contributed by atoms with Crippen molar-refractivity contribution in [2.24, 2.45) is 0 Å². The number of para-hydroxylation sites is 1. The summed E-state index contributed by atoms with van der Waals surface area (Å²) in [6, 6.07) is 9.04. The lowest BCUT2D eigenvalue weighted by Crippen LogP contribution is -2.17. The van der Waals surface area contributed by atoms with E-state index in [4.69, 9.17) is 10.5 Å². The molecule has 0 aliphatic carbocycles. The quantitative estimate of drug-likeness (QED) is 0.852. The molecule has 2 aromatic rings. The van der Waals surface area contributed by atoms with Crippen molar-refractivity contribution in [2.45, 2.75) is 6.42 Å². The summed E-state index contributed by atoms with van der Waals surface area (Å²) in [6.07, 6.45) is -0.0423. The highest BCUT2D eigenvalue weighted by Gasteiger charge is 2.15. The summed E-state index contributed by atoms with van der Waals surface area (Å²) in [4.78, 5) is 12.0. The van der Waals surface area contributed by atoms with E-state index >= 15 is 0 Å². The van der Waals surface area contributed by atoms with E-state index in [1.165, 1.54) is 13.2 Å². The lowest BCUT2D eigenvalue weighted by molar-refractivity contribution is -0.115. The third kappa shape index (κ3) is 3.28. The summed E-state index contributed by atoms with van der Waals surface area (Å²) < 4.78 is 31.9. The number of nitrogens with two attached hydrogens (primary N) is 1. The molecule has 4 nitrogen and oxygen atoms in total. The van der Waals surface area contributed by atoms with E-state index in [1.54, 1.807) is 24.3 Å². The number of halogens is 2. The fraction of sp³-hybridized carbons (Fsp3) is 0.133. The van der Waals surface area contributed by atoms with E-state index in [2.05, 4.69) is 5.32 Å². The van der Waals surface area contributed by atoms with Crippen LogP contribution in [0.1, 0.15) is 5.56 Å². The molecule has 0 heterocycles. The first-order valence-corrected chi connectivity index (χ1v) is 6.18. The molecule has 0 fully saturated rings. The lowest BCUT2D eigenvalue weighted by atomic mass is 10.1. The second-order valence-electron chi connectivity index (χ2n) is 4.36. The minimum absolute atomic E-state index is 0.0396. The molecule has 1 amide bonds. The molecule has 0 saturated carbocycles. The van der Waals surface area contributed by atoms with Crippen LogP contribution in [0.2, 0.25) is 0 Å². The van der Waals surface area contributed by atoms with Gasteiger partial charge in [-0.1, -0.05) is 18.2 Å². The van der Waals surface area contributed by atoms with Crippen LogP contribution in [-0.2, 0) is 11.2 Å². The minimum atomic E-state index is -1.18. The van der Waals surface area contributed by atoms with E-state index in [9.17, 15) is 13.6 Å². The minimum Gasteiger partial charge on any atom is -0.496 e. The van der Waals surface area contributed by atoms with E-state index in [1.807, 2.05) is 0 Å². The van der Waals surface area contributed by atoms with Crippen molar-refractivity contribution in [1.82, 2.24) is 0 Å². The van der Waals surface area contributed by atoms with Gasteiger partial charge in [0.1, 0.15) is 11.4 Å². The second kappa shape index (κ2) is 6.21. The molecule has 0 atom stereocenters. The zero-order valence-electron chi connectivity index (χ0n) is 11.3. The number of hydrogen-bond acceptors (Lipinski definition) is 3. The van der Waals surface area contributed by atoms with Crippen molar-refractivity contribution >= 4 is 17.3 Å². The fourth-order valence-corrected chi connectivity index (χ4v) is 1.90. The summed E-state index contributed by atoms with van der Waals surface area (Å²) in [5.74, 6) is -2.23. The van der Waals surface area contributed by atoms with E-state index in [0.29, 0.717) is 11.3 Å². The molecule has 0 saturated heterocycles. The number of anilines is 2. The van der Waals surface area contributed by atoms with Crippen molar-refractivity contribution in [2.75, 3.05) is 18.2 Å². The molecule has 2 aromatic carbocycles. The van der Waals surface area contributed by atoms with Crippen LogP contribution in [0.15, 0.2) is 36.4 Å². The molecular weight excluding hydrogens is 278 g/mol. The molecule has 0 unspecified atom stereocenters. The molecule has 0 radical (unpaired) electrons. The smallest absolute Gasteiger partial charge is 0.229 e. The summed E-state index contributed by atoms with van der Waals surface area (Å²) in [5.41, 5.74) is 5.78. The van der Waals surface area contributed by atoms with Gasteiger partial charge in [-0.2, -0.15) is 0 Å². The number of nitrogen functional groups attached to an aromatic ring is 1. The molecule has 0 aromatic heterocycles. The number of rotatable bonds is 4. The third-order valence-electron chi connectivity index (χ3n) is 2.94. The van der Waals surface area contributed by atoms with E-state index < -0.39 is 17.5 Å². The fourth-order valence-electron chi connectivity index (χ4n) is 1.90. The highest BCUT2D eigenvalue weighted by molar-refractivity contribution is 5.95. The Morgan fingerprint density at radius 1 is 1.24 bits per heavy atom. The number of nitrogens with one attached hydrogen (secondary N) is 1. The number of methoxy groups -OCH3 is 1. The highest BCUT2D eigenvalue weighted by Crippen LogP contribution is 2.25. The van der Waals surface area contributed by atoms with Crippen molar-refractivity contribution in [3.63, 3.8) is 0 Å². The van der Waals surface area contributed by atoms with Crippen LogP contribution in [-0.4, -0.2) is 13.0 Å². The second-order valence-corrected chi connectivity index (χ2v) is 4.36. The molecule has 2 rings (SSSR count). The zero-order chi connectivity index (χ0) is 15.4. The van der Waals surface area contributed by atoms with Gasteiger partial charge in [0.2, 0.25) is 5.91 Å². The van der Waals surface area contributed by atoms with Crippen molar-refractivity contribution in [3.8, 4) is 5.75 Å². The highest BCUT2D eigenvalue weighted by atomic mass is 19.2. The topological polar surface area (TPSA) is 64.3 Å². The van der Waals surface area contributed by atoms with Gasteiger partial charge in [-0.3, -0.25) is 4.79 Å². The predicted octanol–water partition coefficient (Wildman–Crippen LogP) is 2.74. The summed E-state index contributed by atoms with van der Waals surface area (Å²) >= 11 is 0. The Balaban J connectivity index is 2.18. The Hall–Kier alpha value is -2.63. The van der Waals surface area contributed by atoms with Gasteiger partial charge >= 0.3 is 0 Å². The van der Waals surface area contributed by atoms with Crippen LogP contribution in [0.3, 0.4) is 0 Å². The van der Waals surface area contributed by atoms with Crippen LogP contribution in [0.25, 0.3) is 0 Å². The van der Waals surface area contributed by atoms with Crippen LogP contribution >= 0.6 is 0 Å². The van der Waals surface area contributed by atoms with Crippen LogP contribution in [0, 0.1) is 11.6 Å². The first-order valence-electron chi connectivity index (χ1n) is 6.18. The third-order valence-corrected chi connectivity index (χ3v) is 2.94. The summed E-state index contributed by atoms with van der Waals surface area (Å²) in [5, 5.41) is 2.28. The Morgan fingerprint density at radius 2 is 1.95 bits per heavy atom. The van der Waals surface area contributed by atoms with Crippen molar-refractivity contribution in [1.29, 1.82) is 0 Å². The Morgan fingerprint density at radius 3 is 2.67 bits per heavy atom. The molecule has 0 aliphatic heterocycles. The van der Waals surface area contributed by atoms with E-state index in [0.717, 1.165) is 6.07 Å². The Kier molecular flexibility index (Phi) is 4.37. The number of hydrogen-bond donors (Lipinski definition) is 2. The molecule has 21 heavy (non-hydrogen) atoms. The van der Waals surface area contributed by atoms with Gasteiger partial charge in [0.25, 0.3) is 0 Å². The number of ether oxygens (including phenoxy) is 1. The van der Waals surface area contributed by atoms with Gasteiger partial charge in [-0.25, -0.2) is 8.78 Å². The average molecular weight is 292 g/mol. The number of benzene rings is 2. The molecule has 3 N–H and O–H groups in total. The Bertz CT molecular complexity index is 675. The molecule has 110 valence electrons. The zero-order valence-corrected chi connectivity index (χ0v) is 11.3. The maximum Gasteiger partial charge on any atom is 0.229 e. The molecule has 0 aliphatic rings. The number of amides is 1. The van der Waals surface area contributed by atoms with Crippen molar-refractivity contribution in [3.05, 3.63) is 53.6 Å². The van der Waals surface area contributed by atoms with Gasteiger partial charge in [0.15, 0.2) is 11.6 Å². The van der Waals surface area contributed by atoms with Gasteiger partial charge < -0.3 is 15.8 Å². The van der Waals surface area contributed by atoms with Crippen LogP contribution in [0.5, 0.6) is 5.75 Å². The SMILES string of the molecule is COc1ccccc1CC(=O)Nc1c(N)ccc(F)c1F. The lowest BCUT2D eigenvalue weighted by Gasteiger charge is -2.11. The maximum atomic E-state index is 13.6. The van der Waals surface area contributed by atoms with Crippen molar-refractivity contribution < 1.29 is 18.3 Å². The standard InChI is InChI=1S/C15H14F2N2O2/c1-21-12-5-3-2-4-9(12)8-13(20)19-15-11(18)7-6-10(16)14(15)17/h2-7H,8,18H2,1H3,(H,19,20). The van der Waals surface area contributed by atoms with Crippen LogP contribution < -0.4 is 15.8 Å². The number of carbonyl (C=O) groups excluding carboxylic acids is 1. The van der Waals surface area contributed by atoms with Gasteiger partial charge in [-0.15, -0.1) is 0 Å². The van der Waals surface area contributed by atoms with Gasteiger partial charge in [-0.05, 0) is 18.2 Å². The number of carbonyl (C=O) groups is 1. The predicted molar refractivity (Wildman–Crippen MR) is 76.1 cm³/mol. The van der Waals surface area contributed by atoms with E-state index in [-0.39, 0.29) is 17.8 Å². The normalized spacial score (nSPS) is 10.2. The van der Waals surface area contributed by atoms with Crippen LogP contribution in [0.4, 0.5) is 20.2 Å². The summed E-state index contributed by atoms with van der Waals surface area (Å²) in [7, 11) is 1.49. The van der Waals surface area contributed by atoms with Gasteiger partial charge in [0, 0.05) is 5.56 Å². The monoisotopic (exact) mass is 292 g/mol. The largest absolute Gasteiger partial charge is 0.496 e. The summed E-state index contributed by atoms with van der Waals surface area (Å²) in [6.45, 7) is 0. The first kappa shape index (κ1) is 14.8. The molecule has 0 spiro atoms. The molecule has 0 bridgehead atoms. The van der Waals surface area contributed by atoms with Gasteiger partial charge in [0.05, 0.1) is 19.2 Å². The first-order chi connectivity index (χ1) is 10.0. The average Bonchev–Trinajstić information content (AvgIpc) is 2.48. The molecule has 6 heteroatoms. The maximum absolute atomic E-state index is 13.6. The Labute approximate surface area is 120 Å².